The molecule has 23 heavy (non-hydrogen) atoms. The molecule has 5 heteroatoms. The molecule has 0 bridgehead atoms. The normalized spacial score (nSPS) is 10.5. The molecule has 2 aromatic rings. The van der Waals surface area contributed by atoms with E-state index >= 15 is 0 Å². The largest absolute Gasteiger partial charge is 0.493 e. The second-order valence-electron chi connectivity index (χ2n) is 4.87. The summed E-state index contributed by atoms with van der Waals surface area (Å²) in [5, 5.41) is 3.93. The van der Waals surface area contributed by atoms with Gasteiger partial charge in [0.1, 0.15) is 11.5 Å². The third-order valence-corrected chi connectivity index (χ3v) is 3.00. The number of nitrogens with one attached hydrogen (secondary N) is 1. The van der Waals surface area contributed by atoms with Crippen molar-refractivity contribution in [3.8, 4) is 11.5 Å². The molecule has 0 radical (unpaired) electrons. The molecule has 0 spiro atoms. The van der Waals surface area contributed by atoms with Crippen LogP contribution in [0.5, 0.6) is 11.5 Å². The second-order valence-corrected chi connectivity index (χ2v) is 4.87. The predicted molar refractivity (Wildman–Crippen MR) is 90.0 cm³/mol. The minimum absolute atomic E-state index is 0.0898. The van der Waals surface area contributed by atoms with Crippen LogP contribution in [0.1, 0.15) is 18.1 Å². The molecular formula is C18H20N2O3. The minimum Gasteiger partial charge on any atom is -0.493 e. The smallest absolute Gasteiger partial charge is 0.277 e. The summed E-state index contributed by atoms with van der Waals surface area (Å²) in [5.41, 5.74) is 4.37. The van der Waals surface area contributed by atoms with Gasteiger partial charge in [-0.25, -0.2) is 5.43 Å². The summed E-state index contributed by atoms with van der Waals surface area (Å²) in [7, 11) is 0. The number of benzene rings is 2. The molecule has 1 N–H and O–H groups in total. The molecule has 0 aliphatic rings. The molecule has 0 saturated heterocycles. The average Bonchev–Trinajstić information content (AvgIpc) is 2.56. The summed E-state index contributed by atoms with van der Waals surface area (Å²) in [5.74, 6) is 1.05. The lowest BCUT2D eigenvalue weighted by Gasteiger charge is -2.06. The third kappa shape index (κ3) is 5.47. The van der Waals surface area contributed by atoms with E-state index in [9.17, 15) is 4.79 Å². The van der Waals surface area contributed by atoms with E-state index in [1.165, 1.54) is 0 Å². The van der Waals surface area contributed by atoms with E-state index in [1.54, 1.807) is 6.21 Å². The number of ether oxygens (including phenoxy) is 2. The van der Waals surface area contributed by atoms with Crippen molar-refractivity contribution < 1.29 is 14.3 Å². The minimum atomic E-state index is -0.323. The number of hydrogen-bond acceptors (Lipinski definition) is 4. The fraction of sp³-hybridized carbons (Fsp3) is 0.222. The van der Waals surface area contributed by atoms with E-state index < -0.39 is 0 Å². The molecule has 0 aliphatic heterocycles. The number of para-hydroxylation sites is 1. The molecule has 120 valence electrons. The molecule has 5 nitrogen and oxygen atoms in total. The zero-order valence-electron chi connectivity index (χ0n) is 13.3. The van der Waals surface area contributed by atoms with Gasteiger partial charge in [-0.3, -0.25) is 4.79 Å². The van der Waals surface area contributed by atoms with Gasteiger partial charge in [-0.05, 0) is 38.1 Å². The molecule has 0 unspecified atom stereocenters. The number of aryl methyl sites for hydroxylation is 1. The maximum atomic E-state index is 11.7. The Bertz CT molecular complexity index is 666. The van der Waals surface area contributed by atoms with Gasteiger partial charge in [0.05, 0.1) is 12.8 Å². The van der Waals surface area contributed by atoms with Gasteiger partial charge in [0.15, 0.2) is 6.61 Å². The van der Waals surface area contributed by atoms with Crippen LogP contribution >= 0.6 is 0 Å². The fourth-order valence-corrected chi connectivity index (χ4v) is 1.86. The maximum Gasteiger partial charge on any atom is 0.277 e. The molecule has 1 amide bonds. The first-order valence-corrected chi connectivity index (χ1v) is 7.42. The topological polar surface area (TPSA) is 59.9 Å². The van der Waals surface area contributed by atoms with E-state index in [-0.39, 0.29) is 12.5 Å². The number of hydrogen-bond donors (Lipinski definition) is 1. The maximum absolute atomic E-state index is 11.7. The van der Waals surface area contributed by atoms with Crippen LogP contribution in [0.2, 0.25) is 0 Å². The summed E-state index contributed by atoms with van der Waals surface area (Å²) in [6.07, 6.45) is 1.55. The molecule has 0 aliphatic carbocycles. The van der Waals surface area contributed by atoms with E-state index in [0.717, 1.165) is 16.9 Å². The predicted octanol–water partition coefficient (Wildman–Crippen LogP) is 2.92. The molecule has 0 atom stereocenters. The SMILES string of the molecule is CCOc1ccccc1C=NNC(=O)COc1ccc(C)cc1. The van der Waals surface area contributed by atoms with Gasteiger partial charge >= 0.3 is 0 Å². The number of carbonyl (C=O) groups is 1. The lowest BCUT2D eigenvalue weighted by atomic mass is 10.2. The Labute approximate surface area is 135 Å². The molecular weight excluding hydrogens is 292 g/mol. The first-order valence-electron chi connectivity index (χ1n) is 7.42. The fourth-order valence-electron chi connectivity index (χ4n) is 1.86. The number of amides is 1. The molecule has 0 saturated carbocycles. The summed E-state index contributed by atoms with van der Waals surface area (Å²) >= 11 is 0. The summed E-state index contributed by atoms with van der Waals surface area (Å²) in [4.78, 5) is 11.7. The zero-order chi connectivity index (χ0) is 16.5. The van der Waals surface area contributed by atoms with Gasteiger partial charge in [0, 0.05) is 5.56 Å². The van der Waals surface area contributed by atoms with Gasteiger partial charge in [0.25, 0.3) is 5.91 Å². The van der Waals surface area contributed by atoms with Crippen molar-refractivity contribution in [3.63, 3.8) is 0 Å². The zero-order valence-corrected chi connectivity index (χ0v) is 13.3. The van der Waals surface area contributed by atoms with Crippen LogP contribution < -0.4 is 14.9 Å². The van der Waals surface area contributed by atoms with Gasteiger partial charge in [0.2, 0.25) is 0 Å². The Hall–Kier alpha value is -2.82. The Balaban J connectivity index is 1.83. The molecule has 0 aromatic heterocycles. The third-order valence-electron chi connectivity index (χ3n) is 3.00. The van der Waals surface area contributed by atoms with Crippen molar-refractivity contribution in [2.45, 2.75) is 13.8 Å². The summed E-state index contributed by atoms with van der Waals surface area (Å²) < 4.78 is 10.9. The standard InChI is InChI=1S/C18H20N2O3/c1-3-22-17-7-5-4-6-15(17)12-19-20-18(21)13-23-16-10-8-14(2)9-11-16/h4-12H,3,13H2,1-2H3,(H,20,21). The molecule has 2 aromatic carbocycles. The first-order chi connectivity index (χ1) is 11.2. The number of hydrazone groups is 1. The van der Waals surface area contributed by atoms with Gasteiger partial charge in [-0.1, -0.05) is 29.8 Å². The van der Waals surface area contributed by atoms with Crippen molar-refractivity contribution in [1.29, 1.82) is 0 Å². The molecule has 2 rings (SSSR count). The highest BCUT2D eigenvalue weighted by Crippen LogP contribution is 2.15. The van der Waals surface area contributed by atoms with Crippen molar-refractivity contribution in [2.75, 3.05) is 13.2 Å². The Morgan fingerprint density at radius 2 is 1.87 bits per heavy atom. The van der Waals surface area contributed by atoms with Crippen LogP contribution in [0, 0.1) is 6.92 Å². The van der Waals surface area contributed by atoms with Gasteiger partial charge in [-0.15, -0.1) is 0 Å². The van der Waals surface area contributed by atoms with E-state index in [1.807, 2.05) is 62.4 Å². The lowest BCUT2D eigenvalue weighted by Crippen LogP contribution is -2.24. The van der Waals surface area contributed by atoms with Crippen molar-refractivity contribution in [1.82, 2.24) is 5.43 Å². The van der Waals surface area contributed by atoms with Crippen LogP contribution in [0.3, 0.4) is 0 Å². The monoisotopic (exact) mass is 312 g/mol. The lowest BCUT2D eigenvalue weighted by molar-refractivity contribution is -0.123. The van der Waals surface area contributed by atoms with Gasteiger partial charge < -0.3 is 9.47 Å². The van der Waals surface area contributed by atoms with Crippen LogP contribution in [-0.2, 0) is 4.79 Å². The highest BCUT2D eigenvalue weighted by Gasteiger charge is 2.02. The van der Waals surface area contributed by atoms with E-state index in [4.69, 9.17) is 9.47 Å². The van der Waals surface area contributed by atoms with Crippen molar-refractivity contribution >= 4 is 12.1 Å². The molecule has 0 heterocycles. The van der Waals surface area contributed by atoms with Crippen LogP contribution in [0.4, 0.5) is 0 Å². The summed E-state index contributed by atoms with van der Waals surface area (Å²) in [6, 6.07) is 15.0. The molecule has 0 fully saturated rings. The van der Waals surface area contributed by atoms with Crippen LogP contribution in [0.15, 0.2) is 53.6 Å². The quantitative estimate of drug-likeness (QED) is 0.631. The summed E-state index contributed by atoms with van der Waals surface area (Å²) in [6.45, 7) is 4.39. The van der Waals surface area contributed by atoms with Crippen molar-refractivity contribution in [2.24, 2.45) is 5.10 Å². The number of rotatable bonds is 7. The van der Waals surface area contributed by atoms with E-state index in [2.05, 4.69) is 10.5 Å². The number of carbonyl (C=O) groups excluding carboxylic acids is 1. The highest BCUT2D eigenvalue weighted by molar-refractivity contribution is 5.85. The highest BCUT2D eigenvalue weighted by atomic mass is 16.5. The van der Waals surface area contributed by atoms with Crippen LogP contribution in [0.25, 0.3) is 0 Å². The van der Waals surface area contributed by atoms with Crippen molar-refractivity contribution in [3.05, 3.63) is 59.7 Å². The van der Waals surface area contributed by atoms with E-state index in [0.29, 0.717) is 12.4 Å². The Kier molecular flexibility index (Phi) is 6.17. The van der Waals surface area contributed by atoms with Gasteiger partial charge in [-0.2, -0.15) is 5.10 Å². The average molecular weight is 312 g/mol. The van der Waals surface area contributed by atoms with Crippen LogP contribution in [-0.4, -0.2) is 25.3 Å². The second kappa shape index (κ2) is 8.58. The Morgan fingerprint density at radius 1 is 1.13 bits per heavy atom. The Morgan fingerprint density at radius 3 is 2.61 bits per heavy atom. The number of nitrogens with zero attached hydrogens (tertiary/aromatic N) is 1. The first kappa shape index (κ1) is 16.5.